The highest BCUT2D eigenvalue weighted by molar-refractivity contribution is 6.30. The minimum atomic E-state index is -0.187. The molecule has 2 aromatic carbocycles. The number of likely N-dealkylation sites (tertiary alicyclic amines) is 1. The van der Waals surface area contributed by atoms with Gasteiger partial charge in [0.1, 0.15) is 0 Å². The van der Waals surface area contributed by atoms with Gasteiger partial charge < -0.3 is 15.1 Å². The molecule has 0 bridgehead atoms. The Balaban J connectivity index is 1.74. The van der Waals surface area contributed by atoms with Crippen molar-refractivity contribution < 1.29 is 4.79 Å². The third-order valence-corrected chi connectivity index (χ3v) is 5.34. The number of urea groups is 1. The lowest BCUT2D eigenvalue weighted by Crippen LogP contribution is -2.48. The van der Waals surface area contributed by atoms with Crippen molar-refractivity contribution in [3.8, 4) is 0 Å². The maximum absolute atomic E-state index is 12.9. The highest BCUT2D eigenvalue weighted by atomic mass is 35.5. The minimum absolute atomic E-state index is 0.00832. The van der Waals surface area contributed by atoms with E-state index in [2.05, 4.69) is 24.3 Å². The van der Waals surface area contributed by atoms with Crippen LogP contribution in [0.4, 0.5) is 4.79 Å². The minimum Gasteiger partial charge on any atom is -0.327 e. The fourth-order valence-corrected chi connectivity index (χ4v) is 3.59. The second-order valence-electron chi connectivity index (χ2n) is 7.03. The molecule has 1 saturated heterocycles. The van der Waals surface area contributed by atoms with Gasteiger partial charge in [-0.1, -0.05) is 54.1 Å². The lowest BCUT2D eigenvalue weighted by Gasteiger charge is -2.36. The van der Waals surface area contributed by atoms with Gasteiger partial charge in [0, 0.05) is 24.2 Å². The topological polar surface area (TPSA) is 35.6 Å². The molecule has 0 spiro atoms. The van der Waals surface area contributed by atoms with Crippen molar-refractivity contribution >= 4 is 17.6 Å². The molecule has 3 rings (SSSR count). The zero-order valence-electron chi connectivity index (χ0n) is 15.4. The molecule has 2 amide bonds. The van der Waals surface area contributed by atoms with Crippen LogP contribution in [-0.2, 0) is 0 Å². The van der Waals surface area contributed by atoms with E-state index in [-0.39, 0.29) is 12.1 Å². The van der Waals surface area contributed by atoms with Gasteiger partial charge in [-0.25, -0.2) is 4.79 Å². The Morgan fingerprint density at radius 2 is 1.62 bits per heavy atom. The Morgan fingerprint density at radius 1 is 1.04 bits per heavy atom. The van der Waals surface area contributed by atoms with E-state index >= 15 is 0 Å². The molecule has 2 aromatic rings. The Morgan fingerprint density at radius 3 is 2.19 bits per heavy atom. The number of nitrogens with zero attached hydrogens (tertiary/aromatic N) is 2. The van der Waals surface area contributed by atoms with Crippen LogP contribution in [0.1, 0.15) is 30.0 Å². The average Bonchev–Trinajstić information content (AvgIpc) is 2.67. The van der Waals surface area contributed by atoms with Crippen molar-refractivity contribution in [2.24, 2.45) is 0 Å². The van der Waals surface area contributed by atoms with Gasteiger partial charge in [0.2, 0.25) is 0 Å². The lowest BCUT2D eigenvalue weighted by atomic mass is 9.98. The number of carbonyl (C=O) groups excluding carboxylic acids is 1. The molecule has 1 unspecified atom stereocenters. The molecular weight excluding hydrogens is 346 g/mol. The number of carbonyl (C=O) groups is 1. The van der Waals surface area contributed by atoms with Gasteiger partial charge in [-0.2, -0.15) is 0 Å². The first-order chi connectivity index (χ1) is 12.5. The summed E-state index contributed by atoms with van der Waals surface area (Å²) < 4.78 is 0. The Bertz CT molecular complexity index is 710. The number of nitrogens with one attached hydrogen (secondary N) is 1. The van der Waals surface area contributed by atoms with E-state index in [1.165, 1.54) is 0 Å². The zero-order valence-corrected chi connectivity index (χ0v) is 16.1. The number of halogens is 1. The normalized spacial score (nSPS) is 16.5. The van der Waals surface area contributed by atoms with Crippen molar-refractivity contribution in [2.75, 3.05) is 27.2 Å². The van der Waals surface area contributed by atoms with Gasteiger partial charge in [0.15, 0.2) is 0 Å². The first-order valence-electron chi connectivity index (χ1n) is 9.07. The SMILES string of the molecule is CN(C)C1CCN(C(=O)NC(c2ccccc2)c2ccc(Cl)cc2)CC1. The van der Waals surface area contributed by atoms with E-state index < -0.39 is 0 Å². The van der Waals surface area contributed by atoms with Gasteiger partial charge >= 0.3 is 6.03 Å². The Hall–Kier alpha value is -2.04. The predicted octanol–water partition coefficient (Wildman–Crippen LogP) is 4.17. The molecule has 1 aliphatic rings. The van der Waals surface area contributed by atoms with Crippen LogP contribution in [0, 0.1) is 0 Å². The lowest BCUT2D eigenvalue weighted by molar-refractivity contribution is 0.147. The van der Waals surface area contributed by atoms with Crippen LogP contribution >= 0.6 is 11.6 Å². The van der Waals surface area contributed by atoms with Gasteiger partial charge in [0.05, 0.1) is 6.04 Å². The molecule has 138 valence electrons. The first kappa shape index (κ1) is 18.7. The van der Waals surface area contributed by atoms with Crippen molar-refractivity contribution in [1.82, 2.24) is 15.1 Å². The smallest absolute Gasteiger partial charge is 0.318 e. The van der Waals surface area contributed by atoms with E-state index in [9.17, 15) is 4.79 Å². The van der Waals surface area contributed by atoms with Crippen molar-refractivity contribution in [1.29, 1.82) is 0 Å². The summed E-state index contributed by atoms with van der Waals surface area (Å²) in [5, 5.41) is 3.91. The second kappa shape index (κ2) is 8.56. The largest absolute Gasteiger partial charge is 0.327 e. The maximum Gasteiger partial charge on any atom is 0.318 e. The number of amides is 2. The molecule has 1 N–H and O–H groups in total. The van der Waals surface area contributed by atoms with Crippen molar-refractivity contribution in [3.63, 3.8) is 0 Å². The number of benzene rings is 2. The molecule has 0 radical (unpaired) electrons. The van der Waals surface area contributed by atoms with Crippen molar-refractivity contribution in [3.05, 3.63) is 70.7 Å². The molecule has 26 heavy (non-hydrogen) atoms. The zero-order chi connectivity index (χ0) is 18.5. The second-order valence-corrected chi connectivity index (χ2v) is 7.46. The predicted molar refractivity (Wildman–Crippen MR) is 107 cm³/mol. The summed E-state index contributed by atoms with van der Waals surface area (Å²) in [5.41, 5.74) is 2.09. The molecule has 1 aliphatic heterocycles. The standard InChI is InChI=1S/C21H26ClN3O/c1-24(2)19-12-14-25(15-13-19)21(26)23-20(16-6-4-3-5-7-16)17-8-10-18(22)11-9-17/h3-11,19-20H,12-15H2,1-2H3,(H,23,26). The molecule has 5 heteroatoms. The van der Waals surface area contributed by atoms with Gasteiger partial charge in [0.25, 0.3) is 0 Å². The molecule has 0 aromatic heterocycles. The number of piperidine rings is 1. The fraction of sp³-hybridized carbons (Fsp3) is 0.381. The van der Waals surface area contributed by atoms with E-state index in [4.69, 9.17) is 11.6 Å². The molecule has 0 aliphatic carbocycles. The summed E-state index contributed by atoms with van der Waals surface area (Å²) in [4.78, 5) is 17.0. The van der Waals surface area contributed by atoms with Crippen LogP contribution in [-0.4, -0.2) is 49.1 Å². The fourth-order valence-electron chi connectivity index (χ4n) is 3.46. The summed E-state index contributed by atoms with van der Waals surface area (Å²) in [7, 11) is 4.21. The van der Waals surface area contributed by atoms with Crippen LogP contribution < -0.4 is 5.32 Å². The molecular formula is C21H26ClN3O. The number of hydrogen-bond donors (Lipinski definition) is 1. The molecule has 1 heterocycles. The molecule has 4 nitrogen and oxygen atoms in total. The third-order valence-electron chi connectivity index (χ3n) is 5.09. The van der Waals surface area contributed by atoms with Crippen LogP contribution in [0.2, 0.25) is 5.02 Å². The summed E-state index contributed by atoms with van der Waals surface area (Å²) in [5.74, 6) is 0. The van der Waals surface area contributed by atoms with E-state index in [0.29, 0.717) is 11.1 Å². The van der Waals surface area contributed by atoms with Gasteiger partial charge in [-0.05, 0) is 50.2 Å². The summed E-state index contributed by atoms with van der Waals surface area (Å²) in [6.45, 7) is 1.58. The Labute approximate surface area is 160 Å². The van der Waals surface area contributed by atoms with E-state index in [0.717, 1.165) is 37.1 Å². The Kier molecular flexibility index (Phi) is 6.17. The van der Waals surface area contributed by atoms with Crippen LogP contribution in [0.15, 0.2) is 54.6 Å². The maximum atomic E-state index is 12.9. The summed E-state index contributed by atoms with van der Waals surface area (Å²) in [6.07, 6.45) is 2.02. The van der Waals surface area contributed by atoms with Gasteiger partial charge in [-0.3, -0.25) is 0 Å². The van der Waals surface area contributed by atoms with E-state index in [1.54, 1.807) is 0 Å². The first-order valence-corrected chi connectivity index (χ1v) is 9.44. The van der Waals surface area contributed by atoms with Gasteiger partial charge in [-0.15, -0.1) is 0 Å². The highest BCUT2D eigenvalue weighted by Crippen LogP contribution is 2.24. The summed E-state index contributed by atoms with van der Waals surface area (Å²) >= 11 is 6.03. The molecule has 1 fully saturated rings. The van der Waals surface area contributed by atoms with Crippen LogP contribution in [0.25, 0.3) is 0 Å². The average molecular weight is 372 g/mol. The van der Waals surface area contributed by atoms with Crippen LogP contribution in [0.3, 0.4) is 0 Å². The van der Waals surface area contributed by atoms with E-state index in [1.807, 2.05) is 59.5 Å². The molecule has 0 saturated carbocycles. The molecule has 1 atom stereocenters. The summed E-state index contributed by atoms with van der Waals surface area (Å²) in [6, 6.07) is 18.1. The number of rotatable bonds is 4. The number of hydrogen-bond acceptors (Lipinski definition) is 2. The third kappa shape index (κ3) is 4.57. The monoisotopic (exact) mass is 371 g/mol. The van der Waals surface area contributed by atoms with Crippen LogP contribution in [0.5, 0.6) is 0 Å². The van der Waals surface area contributed by atoms with Crippen molar-refractivity contribution in [2.45, 2.75) is 24.9 Å². The highest BCUT2D eigenvalue weighted by Gasteiger charge is 2.26. The quantitative estimate of drug-likeness (QED) is 0.875.